The van der Waals surface area contributed by atoms with Crippen LogP contribution in [-0.2, 0) is 7.05 Å². The lowest BCUT2D eigenvalue weighted by molar-refractivity contribution is 0.332. The van der Waals surface area contributed by atoms with E-state index in [1.165, 1.54) is 0 Å². The third kappa shape index (κ3) is 3.70. The van der Waals surface area contributed by atoms with Crippen molar-refractivity contribution < 1.29 is 4.74 Å². The second-order valence-electron chi connectivity index (χ2n) is 6.20. The maximum absolute atomic E-state index is 6.20. The van der Waals surface area contributed by atoms with Crippen molar-refractivity contribution in [3.63, 3.8) is 0 Å². The molecule has 2 heterocycles. The average molecular weight is 395 g/mol. The van der Waals surface area contributed by atoms with Gasteiger partial charge in [-0.05, 0) is 24.3 Å². The molecule has 0 fully saturated rings. The summed E-state index contributed by atoms with van der Waals surface area (Å²) < 4.78 is 7.29. The normalized spacial score (nSPS) is 10.9. The molecule has 2 aromatic carbocycles. The van der Waals surface area contributed by atoms with Crippen molar-refractivity contribution in [2.24, 2.45) is 7.05 Å². The number of halogens is 1. The molecule has 4 aromatic rings. The number of aryl methyl sites for hydroxylation is 1. The Labute approximate surface area is 167 Å². The minimum atomic E-state index is 0.465. The minimum Gasteiger partial charge on any atom is -0.492 e. The average Bonchev–Trinajstić information content (AvgIpc) is 3.00. The summed E-state index contributed by atoms with van der Waals surface area (Å²) in [6.45, 7) is 1.02. The van der Waals surface area contributed by atoms with Crippen LogP contribution in [0.5, 0.6) is 5.75 Å². The van der Waals surface area contributed by atoms with E-state index >= 15 is 0 Å². The van der Waals surface area contributed by atoms with Crippen LogP contribution < -0.4 is 15.8 Å². The first-order valence-electron chi connectivity index (χ1n) is 8.79. The topological polar surface area (TPSA) is 90.9 Å². The molecule has 0 atom stereocenters. The number of fused-ring (bicyclic) bond motifs is 1. The van der Waals surface area contributed by atoms with Crippen LogP contribution in [0.2, 0.25) is 5.02 Å². The van der Waals surface area contributed by atoms with E-state index in [0.717, 1.165) is 16.7 Å². The van der Waals surface area contributed by atoms with Gasteiger partial charge >= 0.3 is 0 Å². The number of rotatable bonds is 6. The molecule has 0 aliphatic heterocycles. The Bertz CT molecular complexity index is 1100. The molecule has 0 unspecified atom stereocenters. The van der Waals surface area contributed by atoms with Crippen LogP contribution in [0.25, 0.3) is 22.3 Å². The molecule has 0 radical (unpaired) electrons. The number of benzene rings is 2. The molecule has 142 valence electrons. The van der Waals surface area contributed by atoms with Crippen LogP contribution in [0.4, 0.5) is 11.8 Å². The first-order valence-corrected chi connectivity index (χ1v) is 9.17. The van der Waals surface area contributed by atoms with Crippen molar-refractivity contribution in [3.05, 3.63) is 59.6 Å². The zero-order valence-electron chi connectivity index (χ0n) is 15.3. The van der Waals surface area contributed by atoms with Crippen LogP contribution in [-0.4, -0.2) is 32.9 Å². The molecule has 0 aliphatic rings. The Morgan fingerprint density at radius 1 is 1.07 bits per heavy atom. The van der Waals surface area contributed by atoms with Crippen LogP contribution in [0.3, 0.4) is 0 Å². The first kappa shape index (κ1) is 18.1. The van der Waals surface area contributed by atoms with Crippen molar-refractivity contribution in [1.82, 2.24) is 19.7 Å². The maximum Gasteiger partial charge on any atom is 0.225 e. The van der Waals surface area contributed by atoms with Gasteiger partial charge < -0.3 is 15.8 Å². The lowest BCUT2D eigenvalue weighted by Crippen LogP contribution is -2.13. The van der Waals surface area contributed by atoms with Gasteiger partial charge in [0.25, 0.3) is 0 Å². The quantitative estimate of drug-likeness (QED) is 0.484. The predicted molar refractivity (Wildman–Crippen MR) is 112 cm³/mol. The van der Waals surface area contributed by atoms with E-state index in [0.29, 0.717) is 41.3 Å². The number of ether oxygens (including phenoxy) is 1. The second kappa shape index (κ2) is 7.74. The van der Waals surface area contributed by atoms with E-state index < -0.39 is 0 Å². The summed E-state index contributed by atoms with van der Waals surface area (Å²) in [6, 6.07) is 17.1. The van der Waals surface area contributed by atoms with E-state index in [-0.39, 0.29) is 0 Å². The molecule has 7 nitrogen and oxygen atoms in total. The van der Waals surface area contributed by atoms with E-state index in [1.807, 2.05) is 54.6 Å². The number of hydrogen-bond acceptors (Lipinski definition) is 6. The molecule has 28 heavy (non-hydrogen) atoms. The van der Waals surface area contributed by atoms with Gasteiger partial charge in [-0.1, -0.05) is 41.9 Å². The molecular weight excluding hydrogens is 376 g/mol. The monoisotopic (exact) mass is 394 g/mol. The lowest BCUT2D eigenvalue weighted by atomic mass is 10.1. The number of nitrogen functional groups attached to an aromatic ring is 1. The number of nitrogens with one attached hydrogen (secondary N) is 1. The summed E-state index contributed by atoms with van der Waals surface area (Å²) in [5.41, 5.74) is 8.33. The highest BCUT2D eigenvalue weighted by molar-refractivity contribution is 6.30. The smallest absolute Gasteiger partial charge is 0.225 e. The van der Waals surface area contributed by atoms with Crippen molar-refractivity contribution >= 4 is 34.4 Å². The molecule has 8 heteroatoms. The standard InChI is InChI=1S/C20H19ClN6O/c1-27-18(22)16-17(13-7-9-14(21)10-8-13)24-20(25-19(16)26-27)23-11-12-28-15-5-3-2-4-6-15/h2-10H,11-12,22H2,1H3,(H,23,25,26). The van der Waals surface area contributed by atoms with Gasteiger partial charge in [0.15, 0.2) is 5.65 Å². The maximum atomic E-state index is 6.20. The number of para-hydroxylation sites is 1. The van der Waals surface area contributed by atoms with Gasteiger partial charge in [0.2, 0.25) is 5.95 Å². The summed E-state index contributed by atoms with van der Waals surface area (Å²) >= 11 is 6.02. The fraction of sp³-hybridized carbons (Fsp3) is 0.150. The number of nitrogens with two attached hydrogens (primary N) is 1. The van der Waals surface area contributed by atoms with Gasteiger partial charge in [-0.15, -0.1) is 0 Å². The number of nitrogens with zero attached hydrogens (tertiary/aromatic N) is 4. The van der Waals surface area contributed by atoms with E-state index in [9.17, 15) is 0 Å². The molecule has 0 bridgehead atoms. The Morgan fingerprint density at radius 2 is 1.82 bits per heavy atom. The second-order valence-corrected chi connectivity index (χ2v) is 6.63. The molecular formula is C20H19ClN6O. The number of anilines is 2. The van der Waals surface area contributed by atoms with Gasteiger partial charge in [-0.25, -0.2) is 4.98 Å². The zero-order valence-corrected chi connectivity index (χ0v) is 16.0. The highest BCUT2D eigenvalue weighted by Crippen LogP contribution is 2.31. The Kier molecular flexibility index (Phi) is 4.99. The molecule has 0 spiro atoms. The van der Waals surface area contributed by atoms with Crippen molar-refractivity contribution in [2.45, 2.75) is 0 Å². The first-order chi connectivity index (χ1) is 13.6. The molecule has 0 aliphatic carbocycles. The lowest BCUT2D eigenvalue weighted by Gasteiger charge is -2.09. The molecule has 0 saturated heterocycles. The fourth-order valence-electron chi connectivity index (χ4n) is 2.86. The zero-order chi connectivity index (χ0) is 19.5. The van der Waals surface area contributed by atoms with Gasteiger partial charge in [0.05, 0.1) is 17.6 Å². The third-order valence-corrected chi connectivity index (χ3v) is 4.51. The van der Waals surface area contributed by atoms with E-state index in [1.54, 1.807) is 11.7 Å². The van der Waals surface area contributed by atoms with Gasteiger partial charge in [0, 0.05) is 17.6 Å². The highest BCUT2D eigenvalue weighted by Gasteiger charge is 2.17. The van der Waals surface area contributed by atoms with Crippen molar-refractivity contribution in [2.75, 3.05) is 24.2 Å². The molecule has 0 saturated carbocycles. The Morgan fingerprint density at radius 3 is 2.57 bits per heavy atom. The SMILES string of the molecule is Cn1nc2nc(NCCOc3ccccc3)nc(-c3ccc(Cl)cc3)c2c1N. The van der Waals surface area contributed by atoms with Crippen molar-refractivity contribution in [1.29, 1.82) is 0 Å². The van der Waals surface area contributed by atoms with Crippen LogP contribution in [0.1, 0.15) is 0 Å². The van der Waals surface area contributed by atoms with Crippen LogP contribution in [0.15, 0.2) is 54.6 Å². The molecule has 2 aromatic heterocycles. The third-order valence-electron chi connectivity index (χ3n) is 4.25. The Hall–Kier alpha value is -3.32. The molecule has 0 amide bonds. The van der Waals surface area contributed by atoms with Gasteiger partial charge in [0.1, 0.15) is 18.2 Å². The largest absolute Gasteiger partial charge is 0.492 e. The summed E-state index contributed by atoms with van der Waals surface area (Å²) in [5, 5.41) is 8.97. The highest BCUT2D eigenvalue weighted by atomic mass is 35.5. The summed E-state index contributed by atoms with van der Waals surface area (Å²) in [7, 11) is 1.78. The molecule has 4 rings (SSSR count). The van der Waals surface area contributed by atoms with Crippen molar-refractivity contribution in [3.8, 4) is 17.0 Å². The Balaban J connectivity index is 1.59. The molecule has 3 N–H and O–H groups in total. The number of hydrogen-bond donors (Lipinski definition) is 2. The van der Waals surface area contributed by atoms with Gasteiger partial charge in [-0.2, -0.15) is 10.1 Å². The van der Waals surface area contributed by atoms with E-state index in [4.69, 9.17) is 22.1 Å². The minimum absolute atomic E-state index is 0.465. The summed E-state index contributed by atoms with van der Waals surface area (Å²) in [5.74, 6) is 1.80. The predicted octanol–water partition coefficient (Wildman–Crippen LogP) is 3.76. The number of aromatic nitrogens is 4. The van der Waals surface area contributed by atoms with Crippen LogP contribution in [0, 0.1) is 0 Å². The van der Waals surface area contributed by atoms with Crippen LogP contribution >= 0.6 is 11.6 Å². The summed E-state index contributed by atoms with van der Waals surface area (Å²) in [6.07, 6.45) is 0. The fourth-order valence-corrected chi connectivity index (χ4v) is 2.99. The summed E-state index contributed by atoms with van der Waals surface area (Å²) in [4.78, 5) is 9.15. The van der Waals surface area contributed by atoms with Gasteiger partial charge in [-0.3, -0.25) is 4.68 Å². The van der Waals surface area contributed by atoms with E-state index in [2.05, 4.69) is 20.4 Å².